The molecule has 2 rings (SSSR count). The number of fused-ring (bicyclic) bond motifs is 2. The average Bonchev–Trinajstić information content (AvgIpc) is 2.85. The van der Waals surface area contributed by atoms with Crippen LogP contribution in [0.1, 0.15) is 19.8 Å². The summed E-state index contributed by atoms with van der Waals surface area (Å²) in [6.07, 6.45) is 6.52. The Hall–Kier alpha value is -0.870. The van der Waals surface area contributed by atoms with Crippen LogP contribution in [0.5, 0.6) is 0 Å². The van der Waals surface area contributed by atoms with Gasteiger partial charge in [-0.05, 0) is 45.7 Å². The maximum absolute atomic E-state index is 12.1. The Kier molecular flexibility index (Phi) is 3.78. The largest absolute Gasteiger partial charge is 0.387 e. The van der Waals surface area contributed by atoms with Gasteiger partial charge in [0, 0.05) is 19.0 Å². The lowest BCUT2D eigenvalue weighted by Crippen LogP contribution is -2.48. The Labute approximate surface area is 109 Å². The third-order valence-electron chi connectivity index (χ3n) is 3.92. The predicted molar refractivity (Wildman–Crippen MR) is 71.0 cm³/mol. The van der Waals surface area contributed by atoms with Crippen molar-refractivity contribution in [2.24, 2.45) is 17.8 Å². The summed E-state index contributed by atoms with van der Waals surface area (Å²) < 4.78 is 0. The summed E-state index contributed by atoms with van der Waals surface area (Å²) in [5.74, 6) is 1.25. The Bertz CT molecular complexity index is 350. The Morgan fingerprint density at radius 2 is 2.17 bits per heavy atom. The predicted octanol–water partition coefficient (Wildman–Crippen LogP) is 0.627. The summed E-state index contributed by atoms with van der Waals surface area (Å²) in [6.45, 7) is 2.62. The number of aliphatic hydroxyl groups is 1. The molecular formula is C14H24N2O2. The zero-order valence-corrected chi connectivity index (χ0v) is 11.5. The van der Waals surface area contributed by atoms with Crippen molar-refractivity contribution in [2.75, 3.05) is 27.2 Å². The lowest BCUT2D eigenvalue weighted by Gasteiger charge is -2.28. The number of hydrogen-bond acceptors (Lipinski definition) is 3. The van der Waals surface area contributed by atoms with E-state index in [1.165, 1.54) is 0 Å². The second-order valence-electron chi connectivity index (χ2n) is 6.34. The van der Waals surface area contributed by atoms with Gasteiger partial charge in [0.15, 0.2) is 0 Å². The first-order valence-electron chi connectivity index (χ1n) is 6.70. The smallest absolute Gasteiger partial charge is 0.223 e. The van der Waals surface area contributed by atoms with Crippen molar-refractivity contribution in [1.29, 1.82) is 0 Å². The minimum absolute atomic E-state index is 0.103. The molecule has 0 aromatic rings. The van der Waals surface area contributed by atoms with E-state index in [2.05, 4.69) is 17.5 Å². The number of amides is 1. The molecule has 0 aromatic carbocycles. The number of nitrogens with one attached hydrogen (secondary N) is 1. The molecule has 1 saturated carbocycles. The molecule has 4 heteroatoms. The second kappa shape index (κ2) is 5.02. The van der Waals surface area contributed by atoms with Crippen molar-refractivity contribution in [3.05, 3.63) is 12.2 Å². The number of nitrogens with zero attached hydrogens (tertiary/aromatic N) is 1. The van der Waals surface area contributed by atoms with Crippen molar-refractivity contribution in [2.45, 2.75) is 25.4 Å². The average molecular weight is 252 g/mol. The van der Waals surface area contributed by atoms with Crippen LogP contribution in [0, 0.1) is 17.8 Å². The third-order valence-corrected chi connectivity index (χ3v) is 3.92. The molecule has 0 aliphatic heterocycles. The van der Waals surface area contributed by atoms with E-state index in [0.717, 1.165) is 12.8 Å². The first-order chi connectivity index (χ1) is 8.37. The molecule has 0 heterocycles. The molecular weight excluding hydrogens is 228 g/mol. The molecule has 18 heavy (non-hydrogen) atoms. The van der Waals surface area contributed by atoms with E-state index in [1.54, 1.807) is 6.92 Å². The molecule has 4 nitrogen and oxygen atoms in total. The summed E-state index contributed by atoms with van der Waals surface area (Å²) in [4.78, 5) is 14.0. The van der Waals surface area contributed by atoms with Gasteiger partial charge >= 0.3 is 0 Å². The molecule has 2 aliphatic rings. The standard InChI is InChI=1S/C14H24N2O2/c1-14(18,9-16(2)3)8-15-13(17)12-7-10-4-5-11(12)6-10/h4-5,10-12,18H,6-9H2,1-3H3,(H,15,17). The zero-order chi connectivity index (χ0) is 13.3. The molecule has 2 N–H and O–H groups in total. The molecule has 2 bridgehead atoms. The van der Waals surface area contributed by atoms with Gasteiger partial charge < -0.3 is 15.3 Å². The lowest BCUT2D eigenvalue weighted by atomic mass is 9.92. The molecule has 0 spiro atoms. The van der Waals surface area contributed by atoms with E-state index >= 15 is 0 Å². The van der Waals surface area contributed by atoms with Crippen LogP contribution < -0.4 is 5.32 Å². The number of hydrogen-bond donors (Lipinski definition) is 2. The van der Waals surface area contributed by atoms with Gasteiger partial charge in [0.05, 0.1) is 5.60 Å². The normalized spacial score (nSPS) is 32.8. The van der Waals surface area contributed by atoms with Crippen LogP contribution in [-0.4, -0.2) is 48.7 Å². The minimum atomic E-state index is -0.868. The van der Waals surface area contributed by atoms with Crippen LogP contribution in [0.3, 0.4) is 0 Å². The first kappa shape index (κ1) is 13.6. The monoisotopic (exact) mass is 252 g/mol. The first-order valence-corrected chi connectivity index (χ1v) is 6.70. The van der Waals surface area contributed by atoms with E-state index in [1.807, 2.05) is 19.0 Å². The van der Waals surface area contributed by atoms with Crippen molar-refractivity contribution in [3.8, 4) is 0 Å². The van der Waals surface area contributed by atoms with Crippen LogP contribution in [0.25, 0.3) is 0 Å². The summed E-state index contributed by atoms with van der Waals surface area (Å²) in [6, 6.07) is 0. The fourth-order valence-electron chi connectivity index (χ4n) is 3.23. The highest BCUT2D eigenvalue weighted by molar-refractivity contribution is 5.80. The van der Waals surface area contributed by atoms with Gasteiger partial charge in [-0.25, -0.2) is 0 Å². The third kappa shape index (κ3) is 3.12. The number of carbonyl (C=O) groups is 1. The lowest BCUT2D eigenvalue weighted by molar-refractivity contribution is -0.127. The van der Waals surface area contributed by atoms with Crippen LogP contribution in [0.15, 0.2) is 12.2 Å². The quantitative estimate of drug-likeness (QED) is 0.706. The molecule has 1 amide bonds. The molecule has 2 aliphatic carbocycles. The molecule has 1 fully saturated rings. The Balaban J connectivity index is 1.80. The van der Waals surface area contributed by atoms with Gasteiger partial charge in [-0.15, -0.1) is 0 Å². The molecule has 102 valence electrons. The van der Waals surface area contributed by atoms with E-state index in [0.29, 0.717) is 24.9 Å². The molecule has 0 saturated heterocycles. The number of carbonyl (C=O) groups excluding carboxylic acids is 1. The highest BCUT2D eigenvalue weighted by Gasteiger charge is 2.40. The fraction of sp³-hybridized carbons (Fsp3) is 0.786. The maximum atomic E-state index is 12.1. The molecule has 0 aromatic heterocycles. The van der Waals surface area contributed by atoms with Crippen molar-refractivity contribution in [1.82, 2.24) is 10.2 Å². The summed E-state index contributed by atoms with van der Waals surface area (Å²) >= 11 is 0. The second-order valence-corrected chi connectivity index (χ2v) is 6.34. The highest BCUT2D eigenvalue weighted by atomic mass is 16.3. The van der Waals surface area contributed by atoms with E-state index in [-0.39, 0.29) is 11.8 Å². The topological polar surface area (TPSA) is 52.6 Å². The SMILES string of the molecule is CN(C)CC(C)(O)CNC(=O)C1CC2C=CC1C2. The number of allylic oxidation sites excluding steroid dienone is 2. The van der Waals surface area contributed by atoms with Crippen LogP contribution in [0.2, 0.25) is 0 Å². The van der Waals surface area contributed by atoms with Crippen LogP contribution >= 0.6 is 0 Å². The summed E-state index contributed by atoms with van der Waals surface area (Å²) in [5.41, 5.74) is -0.868. The Morgan fingerprint density at radius 1 is 1.44 bits per heavy atom. The summed E-state index contributed by atoms with van der Waals surface area (Å²) in [5, 5.41) is 13.0. The Morgan fingerprint density at radius 3 is 2.67 bits per heavy atom. The highest BCUT2D eigenvalue weighted by Crippen LogP contribution is 2.43. The number of rotatable bonds is 5. The van der Waals surface area contributed by atoms with Crippen LogP contribution in [0.4, 0.5) is 0 Å². The van der Waals surface area contributed by atoms with Gasteiger partial charge in [0.25, 0.3) is 0 Å². The van der Waals surface area contributed by atoms with Gasteiger partial charge in [0.1, 0.15) is 0 Å². The zero-order valence-electron chi connectivity index (χ0n) is 11.5. The van der Waals surface area contributed by atoms with Gasteiger partial charge in [-0.3, -0.25) is 4.79 Å². The van der Waals surface area contributed by atoms with E-state index in [4.69, 9.17) is 0 Å². The van der Waals surface area contributed by atoms with Gasteiger partial charge in [-0.1, -0.05) is 12.2 Å². The molecule has 4 atom stereocenters. The minimum Gasteiger partial charge on any atom is -0.387 e. The van der Waals surface area contributed by atoms with Crippen molar-refractivity contribution >= 4 is 5.91 Å². The fourth-order valence-corrected chi connectivity index (χ4v) is 3.23. The van der Waals surface area contributed by atoms with Crippen molar-refractivity contribution in [3.63, 3.8) is 0 Å². The van der Waals surface area contributed by atoms with E-state index in [9.17, 15) is 9.90 Å². The summed E-state index contributed by atoms with van der Waals surface area (Å²) in [7, 11) is 3.83. The molecule has 4 unspecified atom stereocenters. The van der Waals surface area contributed by atoms with E-state index < -0.39 is 5.60 Å². The van der Waals surface area contributed by atoms with Crippen LogP contribution in [-0.2, 0) is 4.79 Å². The maximum Gasteiger partial charge on any atom is 0.223 e. The van der Waals surface area contributed by atoms with Gasteiger partial charge in [0.2, 0.25) is 5.91 Å². The number of likely N-dealkylation sites (N-methyl/N-ethyl adjacent to an activating group) is 1. The molecule has 0 radical (unpaired) electrons. The van der Waals surface area contributed by atoms with Crippen molar-refractivity contribution < 1.29 is 9.90 Å². The van der Waals surface area contributed by atoms with Gasteiger partial charge in [-0.2, -0.15) is 0 Å².